The van der Waals surface area contributed by atoms with Gasteiger partial charge in [-0.25, -0.2) is 13.4 Å². The van der Waals surface area contributed by atoms with Crippen LogP contribution in [-0.4, -0.2) is 19.7 Å². The Morgan fingerprint density at radius 1 is 1.15 bits per heavy atom. The van der Waals surface area contributed by atoms with Crippen molar-refractivity contribution in [1.82, 2.24) is 4.98 Å². The molecule has 0 amide bonds. The second-order valence-electron chi connectivity index (χ2n) is 4.94. The smallest absolute Gasteiger partial charge is 0.192 e. The van der Waals surface area contributed by atoms with Crippen LogP contribution in [0.25, 0.3) is 0 Å². The Labute approximate surface area is 119 Å². The van der Waals surface area contributed by atoms with Gasteiger partial charge in [-0.3, -0.25) is 0 Å². The van der Waals surface area contributed by atoms with Gasteiger partial charge in [-0.1, -0.05) is 23.8 Å². The third-order valence-electron chi connectivity index (χ3n) is 3.10. The summed E-state index contributed by atoms with van der Waals surface area (Å²) in [6, 6.07) is 9.56. The van der Waals surface area contributed by atoms with Gasteiger partial charge < -0.3 is 5.32 Å². The molecule has 0 atom stereocenters. The van der Waals surface area contributed by atoms with Crippen LogP contribution in [0.15, 0.2) is 41.6 Å². The number of anilines is 1. The maximum Gasteiger partial charge on any atom is 0.192 e. The number of nitrogens with one attached hydrogen (secondary N) is 1. The van der Waals surface area contributed by atoms with Crippen molar-refractivity contribution < 1.29 is 8.42 Å². The fourth-order valence-corrected chi connectivity index (χ4v) is 2.45. The lowest BCUT2D eigenvalue weighted by Crippen LogP contribution is -2.04. The van der Waals surface area contributed by atoms with Gasteiger partial charge in [0.2, 0.25) is 0 Å². The maximum absolute atomic E-state index is 11.3. The van der Waals surface area contributed by atoms with Crippen molar-refractivity contribution >= 4 is 15.5 Å². The van der Waals surface area contributed by atoms with E-state index in [2.05, 4.69) is 42.3 Å². The van der Waals surface area contributed by atoms with E-state index in [1.807, 2.05) is 0 Å². The van der Waals surface area contributed by atoms with E-state index in [1.165, 1.54) is 22.8 Å². The molecule has 2 aromatic rings. The van der Waals surface area contributed by atoms with E-state index in [4.69, 9.17) is 0 Å². The van der Waals surface area contributed by atoms with Crippen LogP contribution >= 0.6 is 0 Å². The molecular formula is C15H18N2O2S. The summed E-state index contributed by atoms with van der Waals surface area (Å²) in [4.78, 5) is 3.95. The third-order valence-corrected chi connectivity index (χ3v) is 4.11. The predicted octanol–water partition coefficient (Wildman–Crippen LogP) is 2.71. The average molecular weight is 290 g/mol. The standard InChI is InChI=1S/C15H18N2O2S/c1-11-4-5-12(2)13(8-11)9-16-14-6-7-15(17-10-14)20(3,18)19/h4-8,10,16H,9H2,1-3H3. The zero-order chi connectivity index (χ0) is 14.8. The lowest BCUT2D eigenvalue weighted by Gasteiger charge is -2.10. The molecule has 5 heteroatoms. The molecule has 0 bridgehead atoms. The first kappa shape index (κ1) is 14.5. The lowest BCUT2D eigenvalue weighted by molar-refractivity contribution is 0.598. The van der Waals surface area contributed by atoms with Crippen LogP contribution in [0.3, 0.4) is 0 Å². The highest BCUT2D eigenvalue weighted by Gasteiger charge is 2.08. The minimum absolute atomic E-state index is 0.0924. The molecule has 0 saturated carbocycles. The second-order valence-corrected chi connectivity index (χ2v) is 6.90. The molecule has 1 heterocycles. The quantitative estimate of drug-likeness (QED) is 0.940. The van der Waals surface area contributed by atoms with Crippen LogP contribution in [0.1, 0.15) is 16.7 Å². The molecule has 1 aromatic heterocycles. The normalized spacial score (nSPS) is 11.3. The summed E-state index contributed by atoms with van der Waals surface area (Å²) < 4.78 is 22.6. The van der Waals surface area contributed by atoms with Crippen LogP contribution in [0.5, 0.6) is 0 Å². The highest BCUT2D eigenvalue weighted by molar-refractivity contribution is 7.90. The Balaban J connectivity index is 2.10. The molecule has 2 rings (SSSR count). The van der Waals surface area contributed by atoms with Gasteiger partial charge in [0.15, 0.2) is 14.9 Å². The summed E-state index contributed by atoms with van der Waals surface area (Å²) in [6.45, 7) is 4.82. The monoisotopic (exact) mass is 290 g/mol. The van der Waals surface area contributed by atoms with Gasteiger partial charge in [-0.15, -0.1) is 0 Å². The Bertz CT molecular complexity index is 707. The zero-order valence-corrected chi connectivity index (χ0v) is 12.7. The van der Waals surface area contributed by atoms with Crippen LogP contribution in [-0.2, 0) is 16.4 Å². The van der Waals surface area contributed by atoms with Gasteiger partial charge in [-0.2, -0.15) is 0 Å². The molecule has 1 aromatic carbocycles. The number of rotatable bonds is 4. The molecule has 0 aliphatic heterocycles. The molecule has 4 nitrogen and oxygen atoms in total. The summed E-state index contributed by atoms with van der Waals surface area (Å²) in [7, 11) is -3.24. The van der Waals surface area contributed by atoms with Crippen molar-refractivity contribution in [2.75, 3.05) is 11.6 Å². The number of nitrogens with zero attached hydrogens (tertiary/aromatic N) is 1. The van der Waals surface area contributed by atoms with Crippen molar-refractivity contribution in [3.05, 3.63) is 53.2 Å². The number of hydrogen-bond acceptors (Lipinski definition) is 4. The Morgan fingerprint density at radius 3 is 2.50 bits per heavy atom. The van der Waals surface area contributed by atoms with E-state index < -0.39 is 9.84 Å². The van der Waals surface area contributed by atoms with Crippen molar-refractivity contribution in [3.63, 3.8) is 0 Å². The highest BCUT2D eigenvalue weighted by Crippen LogP contribution is 2.14. The fourth-order valence-electron chi connectivity index (χ4n) is 1.89. The van der Waals surface area contributed by atoms with E-state index in [0.29, 0.717) is 6.54 Å². The minimum atomic E-state index is -3.24. The van der Waals surface area contributed by atoms with Gasteiger partial charge in [0.25, 0.3) is 0 Å². The van der Waals surface area contributed by atoms with Gasteiger partial charge in [0.05, 0.1) is 11.9 Å². The van der Waals surface area contributed by atoms with Crippen LogP contribution < -0.4 is 5.32 Å². The lowest BCUT2D eigenvalue weighted by atomic mass is 10.1. The summed E-state index contributed by atoms with van der Waals surface area (Å²) >= 11 is 0. The van der Waals surface area contributed by atoms with E-state index in [9.17, 15) is 8.42 Å². The number of pyridine rings is 1. The fraction of sp³-hybridized carbons (Fsp3) is 0.267. The average Bonchev–Trinajstić information content (AvgIpc) is 2.39. The van der Waals surface area contributed by atoms with E-state index in [-0.39, 0.29) is 5.03 Å². The maximum atomic E-state index is 11.3. The first-order chi connectivity index (χ1) is 9.36. The largest absolute Gasteiger partial charge is 0.380 e. The minimum Gasteiger partial charge on any atom is -0.380 e. The molecule has 20 heavy (non-hydrogen) atoms. The van der Waals surface area contributed by atoms with E-state index in [1.54, 1.807) is 12.3 Å². The summed E-state index contributed by atoms with van der Waals surface area (Å²) in [5, 5.41) is 3.34. The van der Waals surface area contributed by atoms with Crippen molar-refractivity contribution in [1.29, 1.82) is 0 Å². The zero-order valence-electron chi connectivity index (χ0n) is 11.8. The molecule has 0 saturated heterocycles. The highest BCUT2D eigenvalue weighted by atomic mass is 32.2. The van der Waals surface area contributed by atoms with Gasteiger partial charge >= 0.3 is 0 Å². The molecule has 0 fully saturated rings. The topological polar surface area (TPSA) is 59.1 Å². The number of hydrogen-bond donors (Lipinski definition) is 1. The van der Waals surface area contributed by atoms with Crippen molar-refractivity contribution in [2.24, 2.45) is 0 Å². The number of aromatic nitrogens is 1. The molecule has 106 valence electrons. The van der Waals surface area contributed by atoms with Crippen LogP contribution in [0.4, 0.5) is 5.69 Å². The molecule has 0 aliphatic carbocycles. The number of aryl methyl sites for hydroxylation is 2. The first-order valence-corrected chi connectivity index (χ1v) is 8.21. The Kier molecular flexibility index (Phi) is 4.09. The van der Waals surface area contributed by atoms with E-state index in [0.717, 1.165) is 11.9 Å². The second kappa shape index (κ2) is 5.63. The summed E-state index contributed by atoms with van der Waals surface area (Å²) in [5.41, 5.74) is 4.47. The summed E-state index contributed by atoms with van der Waals surface area (Å²) in [5.74, 6) is 0. The Hall–Kier alpha value is -1.88. The predicted molar refractivity (Wildman–Crippen MR) is 80.6 cm³/mol. The molecule has 0 aliphatic rings. The third kappa shape index (κ3) is 3.57. The van der Waals surface area contributed by atoms with Crippen molar-refractivity contribution in [3.8, 4) is 0 Å². The van der Waals surface area contributed by atoms with Gasteiger partial charge in [0.1, 0.15) is 0 Å². The molecular weight excluding hydrogens is 272 g/mol. The molecule has 0 radical (unpaired) electrons. The van der Waals surface area contributed by atoms with Crippen LogP contribution in [0.2, 0.25) is 0 Å². The van der Waals surface area contributed by atoms with Crippen molar-refractivity contribution in [2.45, 2.75) is 25.4 Å². The van der Waals surface area contributed by atoms with Crippen LogP contribution in [0, 0.1) is 13.8 Å². The SMILES string of the molecule is Cc1ccc(C)c(CNc2ccc(S(C)(=O)=O)nc2)c1. The molecule has 1 N–H and O–H groups in total. The van der Waals surface area contributed by atoms with Gasteiger partial charge in [-0.05, 0) is 37.1 Å². The van der Waals surface area contributed by atoms with E-state index >= 15 is 0 Å². The molecule has 0 spiro atoms. The summed E-state index contributed by atoms with van der Waals surface area (Å²) in [6.07, 6.45) is 2.69. The Morgan fingerprint density at radius 2 is 1.90 bits per heavy atom. The number of benzene rings is 1. The van der Waals surface area contributed by atoms with Gasteiger partial charge in [0, 0.05) is 12.8 Å². The first-order valence-electron chi connectivity index (χ1n) is 6.32. The number of sulfone groups is 1. The molecule has 0 unspecified atom stereocenters.